The van der Waals surface area contributed by atoms with Crippen molar-refractivity contribution in [1.29, 1.82) is 0 Å². The first-order valence-corrected chi connectivity index (χ1v) is 6.90. The molecule has 0 amide bonds. The van der Waals surface area contributed by atoms with Crippen LogP contribution in [0, 0.1) is 0 Å². The number of hydrogen-bond donors (Lipinski definition) is 2. The lowest BCUT2D eigenvalue weighted by atomic mass is 9.98. The smallest absolute Gasteiger partial charge is 0.100 e. The molecule has 0 aliphatic heterocycles. The van der Waals surface area contributed by atoms with Crippen molar-refractivity contribution in [2.45, 2.75) is 25.5 Å². The van der Waals surface area contributed by atoms with Crippen molar-refractivity contribution in [3.05, 3.63) is 40.3 Å². The Morgan fingerprint density at radius 3 is 2.94 bits per heavy atom. The summed E-state index contributed by atoms with van der Waals surface area (Å²) in [7, 11) is 1.90. The number of aryl methyl sites for hydroxylation is 1. The fourth-order valence-electron chi connectivity index (χ4n) is 1.81. The molecular formula is C13H19N3OS. The standard InChI is InChI=1S/C13H19N3OS/c1-10(11-6-15-16(3)7-11)14-9-13(2,17)12-4-5-18-8-12/h4-8,10,14,17H,9H2,1-3H3. The molecular weight excluding hydrogens is 246 g/mol. The summed E-state index contributed by atoms with van der Waals surface area (Å²) in [6.07, 6.45) is 3.83. The fourth-order valence-corrected chi connectivity index (χ4v) is 2.59. The first-order chi connectivity index (χ1) is 8.49. The Labute approximate surface area is 111 Å². The van der Waals surface area contributed by atoms with Gasteiger partial charge in [-0.25, -0.2) is 0 Å². The first-order valence-electron chi connectivity index (χ1n) is 5.96. The van der Waals surface area contributed by atoms with Gasteiger partial charge >= 0.3 is 0 Å². The molecule has 0 aliphatic rings. The molecule has 0 radical (unpaired) electrons. The zero-order valence-corrected chi connectivity index (χ0v) is 11.7. The minimum atomic E-state index is -0.837. The summed E-state index contributed by atoms with van der Waals surface area (Å²) in [6, 6.07) is 2.13. The van der Waals surface area contributed by atoms with E-state index in [-0.39, 0.29) is 6.04 Å². The van der Waals surface area contributed by atoms with Gasteiger partial charge in [-0.15, -0.1) is 0 Å². The van der Waals surface area contributed by atoms with Gasteiger partial charge in [0.25, 0.3) is 0 Å². The van der Waals surface area contributed by atoms with Gasteiger partial charge in [0.05, 0.1) is 6.20 Å². The summed E-state index contributed by atoms with van der Waals surface area (Å²) >= 11 is 1.60. The summed E-state index contributed by atoms with van der Waals surface area (Å²) < 4.78 is 1.78. The van der Waals surface area contributed by atoms with Gasteiger partial charge in [-0.05, 0) is 36.2 Å². The van der Waals surface area contributed by atoms with Crippen LogP contribution in [-0.2, 0) is 12.6 Å². The predicted octanol–water partition coefficient (Wildman–Crippen LogP) is 2.04. The second-order valence-corrected chi connectivity index (χ2v) is 5.62. The molecule has 0 bridgehead atoms. The van der Waals surface area contributed by atoms with Crippen LogP contribution in [0.2, 0.25) is 0 Å². The number of nitrogens with zero attached hydrogens (tertiary/aromatic N) is 2. The van der Waals surface area contributed by atoms with Crippen LogP contribution >= 0.6 is 11.3 Å². The maximum atomic E-state index is 10.4. The molecule has 0 aromatic carbocycles. The van der Waals surface area contributed by atoms with E-state index in [4.69, 9.17) is 0 Å². The fraction of sp³-hybridized carbons (Fsp3) is 0.462. The Morgan fingerprint density at radius 1 is 1.61 bits per heavy atom. The van der Waals surface area contributed by atoms with E-state index in [1.165, 1.54) is 0 Å². The molecule has 2 rings (SSSR count). The molecule has 2 aromatic rings. The van der Waals surface area contributed by atoms with E-state index in [1.807, 2.05) is 43.2 Å². The lowest BCUT2D eigenvalue weighted by Crippen LogP contribution is -2.36. The molecule has 5 heteroatoms. The lowest BCUT2D eigenvalue weighted by molar-refractivity contribution is 0.0548. The largest absolute Gasteiger partial charge is 0.384 e. The molecule has 2 atom stereocenters. The number of hydrogen-bond acceptors (Lipinski definition) is 4. The molecule has 2 aromatic heterocycles. The average molecular weight is 265 g/mol. The van der Waals surface area contributed by atoms with E-state index in [0.717, 1.165) is 11.1 Å². The van der Waals surface area contributed by atoms with Gasteiger partial charge in [0.2, 0.25) is 0 Å². The van der Waals surface area contributed by atoms with Crippen molar-refractivity contribution < 1.29 is 5.11 Å². The Balaban J connectivity index is 1.95. The highest BCUT2D eigenvalue weighted by Crippen LogP contribution is 2.23. The van der Waals surface area contributed by atoms with E-state index in [9.17, 15) is 5.11 Å². The topological polar surface area (TPSA) is 50.1 Å². The third-order valence-corrected chi connectivity index (χ3v) is 3.80. The molecule has 0 saturated heterocycles. The van der Waals surface area contributed by atoms with Crippen molar-refractivity contribution in [2.24, 2.45) is 7.05 Å². The highest BCUT2D eigenvalue weighted by molar-refractivity contribution is 7.08. The molecule has 98 valence electrons. The van der Waals surface area contributed by atoms with Crippen molar-refractivity contribution in [3.8, 4) is 0 Å². The van der Waals surface area contributed by atoms with Crippen LogP contribution in [0.4, 0.5) is 0 Å². The normalized spacial score (nSPS) is 16.4. The van der Waals surface area contributed by atoms with Gasteiger partial charge in [0, 0.05) is 31.4 Å². The Morgan fingerprint density at radius 2 is 2.39 bits per heavy atom. The molecule has 0 fully saturated rings. The molecule has 2 heterocycles. The van der Waals surface area contributed by atoms with Crippen LogP contribution in [0.1, 0.15) is 31.0 Å². The van der Waals surface area contributed by atoms with E-state index < -0.39 is 5.60 Å². The van der Waals surface area contributed by atoms with Crippen molar-refractivity contribution in [2.75, 3.05) is 6.54 Å². The zero-order valence-electron chi connectivity index (χ0n) is 10.9. The average Bonchev–Trinajstić information content (AvgIpc) is 2.96. The maximum absolute atomic E-state index is 10.4. The highest BCUT2D eigenvalue weighted by atomic mass is 32.1. The maximum Gasteiger partial charge on any atom is 0.100 e. The van der Waals surface area contributed by atoms with E-state index >= 15 is 0 Å². The highest BCUT2D eigenvalue weighted by Gasteiger charge is 2.24. The molecule has 0 aliphatic carbocycles. The molecule has 2 unspecified atom stereocenters. The summed E-state index contributed by atoms with van der Waals surface area (Å²) in [4.78, 5) is 0. The number of rotatable bonds is 5. The third kappa shape index (κ3) is 2.98. The van der Waals surface area contributed by atoms with Gasteiger partial charge < -0.3 is 10.4 Å². The first kappa shape index (κ1) is 13.3. The van der Waals surface area contributed by atoms with Crippen LogP contribution in [-0.4, -0.2) is 21.4 Å². The van der Waals surface area contributed by atoms with Gasteiger partial charge in [-0.2, -0.15) is 16.4 Å². The molecule has 18 heavy (non-hydrogen) atoms. The van der Waals surface area contributed by atoms with E-state index in [2.05, 4.69) is 17.3 Å². The van der Waals surface area contributed by atoms with Gasteiger partial charge in [-0.3, -0.25) is 4.68 Å². The number of aromatic nitrogens is 2. The minimum Gasteiger partial charge on any atom is -0.384 e. The second-order valence-electron chi connectivity index (χ2n) is 4.84. The predicted molar refractivity (Wildman–Crippen MR) is 73.5 cm³/mol. The van der Waals surface area contributed by atoms with Gasteiger partial charge in [0.15, 0.2) is 0 Å². The van der Waals surface area contributed by atoms with Crippen molar-refractivity contribution in [1.82, 2.24) is 15.1 Å². The summed E-state index contributed by atoms with van der Waals surface area (Å²) in [6.45, 7) is 4.42. The monoisotopic (exact) mass is 265 g/mol. The SMILES string of the molecule is CC(NCC(C)(O)c1ccsc1)c1cnn(C)c1. The van der Waals surface area contributed by atoms with E-state index in [0.29, 0.717) is 6.54 Å². The lowest BCUT2D eigenvalue weighted by Gasteiger charge is -2.25. The van der Waals surface area contributed by atoms with Crippen LogP contribution in [0.15, 0.2) is 29.2 Å². The van der Waals surface area contributed by atoms with Crippen LogP contribution in [0.25, 0.3) is 0 Å². The Bertz CT molecular complexity index is 490. The quantitative estimate of drug-likeness (QED) is 0.870. The van der Waals surface area contributed by atoms with Crippen molar-refractivity contribution >= 4 is 11.3 Å². The molecule has 4 nitrogen and oxygen atoms in total. The van der Waals surface area contributed by atoms with Gasteiger partial charge in [0.1, 0.15) is 5.60 Å². The third-order valence-electron chi connectivity index (χ3n) is 3.12. The summed E-state index contributed by atoms with van der Waals surface area (Å²) in [5.74, 6) is 0. The van der Waals surface area contributed by atoms with Gasteiger partial charge in [-0.1, -0.05) is 0 Å². The number of thiophene rings is 1. The van der Waals surface area contributed by atoms with Crippen molar-refractivity contribution in [3.63, 3.8) is 0 Å². The minimum absolute atomic E-state index is 0.170. The molecule has 0 spiro atoms. The summed E-state index contributed by atoms with van der Waals surface area (Å²) in [5.41, 5.74) is 1.24. The summed E-state index contributed by atoms with van der Waals surface area (Å²) in [5, 5.41) is 21.9. The Kier molecular flexibility index (Phi) is 3.85. The second kappa shape index (κ2) is 5.22. The van der Waals surface area contributed by atoms with Crippen LogP contribution in [0.3, 0.4) is 0 Å². The van der Waals surface area contributed by atoms with Crippen LogP contribution in [0.5, 0.6) is 0 Å². The van der Waals surface area contributed by atoms with E-state index in [1.54, 1.807) is 16.0 Å². The Hall–Kier alpha value is -1.17. The number of aliphatic hydroxyl groups is 1. The number of nitrogens with one attached hydrogen (secondary N) is 1. The zero-order chi connectivity index (χ0) is 13.2. The molecule has 2 N–H and O–H groups in total. The van der Waals surface area contributed by atoms with Crippen LogP contribution < -0.4 is 5.32 Å². The molecule has 0 saturated carbocycles.